The number of hydrogen-bond donors (Lipinski definition) is 3. The second-order valence-electron chi connectivity index (χ2n) is 18.9. The summed E-state index contributed by atoms with van der Waals surface area (Å²) < 4.78 is 43.0. The van der Waals surface area contributed by atoms with Crippen molar-refractivity contribution >= 4 is 39.8 Å². The fourth-order valence-electron chi connectivity index (χ4n) is 11.0. The Kier molecular flexibility index (Phi) is 12.4. The number of benzene rings is 1. The fourth-order valence-corrected chi connectivity index (χ4v) is 11.0. The number of piperidine rings is 2. The van der Waals surface area contributed by atoms with E-state index in [-0.39, 0.29) is 42.1 Å². The molecule has 16 nitrogen and oxygen atoms in total. The Bertz CT molecular complexity index is 2980. The Morgan fingerprint density at radius 3 is 1.69 bits per heavy atom. The first kappa shape index (κ1) is 45.4. The highest BCUT2D eigenvalue weighted by molar-refractivity contribution is 5.95. The van der Waals surface area contributed by atoms with Crippen LogP contribution in [-0.4, -0.2) is 73.6 Å². The number of carbonyl (C=O) groups excluding carboxylic acids is 2. The summed E-state index contributed by atoms with van der Waals surface area (Å²) in [6.45, 7) is 7.55. The van der Waals surface area contributed by atoms with Crippen LogP contribution in [0.1, 0.15) is 149 Å². The number of anilines is 1. The molecule has 0 spiro atoms. The van der Waals surface area contributed by atoms with Crippen LogP contribution in [0.25, 0.3) is 44.6 Å². The van der Waals surface area contributed by atoms with Gasteiger partial charge in [-0.2, -0.15) is 0 Å². The molecule has 2 amide bonds. The topological polar surface area (TPSA) is 203 Å². The van der Waals surface area contributed by atoms with Gasteiger partial charge in [-0.1, -0.05) is 10.3 Å². The zero-order valence-electron chi connectivity index (χ0n) is 38.7. The molecular weight excluding hydrogens is 875 g/mol. The van der Waals surface area contributed by atoms with Crippen LogP contribution < -0.4 is 10.2 Å². The van der Waals surface area contributed by atoms with Crippen molar-refractivity contribution in [1.29, 1.82) is 0 Å². The lowest BCUT2D eigenvalue weighted by molar-refractivity contribution is -0.123. The Balaban J connectivity index is 0.000000163. The number of nitrogens with zero attached hydrogens (tertiary/aromatic N) is 9. The average molecular weight is 931 g/mol. The van der Waals surface area contributed by atoms with Gasteiger partial charge in [0.25, 0.3) is 0 Å². The summed E-state index contributed by atoms with van der Waals surface area (Å²) in [5, 5.41) is 31.4. The second kappa shape index (κ2) is 18.6. The molecule has 0 bridgehead atoms. The summed E-state index contributed by atoms with van der Waals surface area (Å²) in [4.78, 5) is 46.5. The van der Waals surface area contributed by atoms with E-state index in [4.69, 9.17) is 29.0 Å². The van der Waals surface area contributed by atoms with Crippen molar-refractivity contribution in [2.75, 3.05) is 4.90 Å². The molecule has 2 aliphatic heterocycles. The van der Waals surface area contributed by atoms with Crippen molar-refractivity contribution < 1.29 is 37.6 Å². The maximum absolute atomic E-state index is 14.2. The molecule has 4 fully saturated rings. The summed E-state index contributed by atoms with van der Waals surface area (Å²) in [7, 11) is 0. The van der Waals surface area contributed by atoms with E-state index in [0.717, 1.165) is 120 Å². The van der Waals surface area contributed by atoms with Crippen LogP contribution in [0.5, 0.6) is 0 Å². The Labute approximate surface area is 391 Å². The first-order valence-electron chi connectivity index (χ1n) is 23.9. The molecule has 3 N–H and O–H groups in total. The molecule has 0 radical (unpaired) electrons. The fraction of sp³-hybridized carbons (Fsp3) is 0.480. The number of carbonyl (C=O) groups is 2. The molecule has 2 aliphatic carbocycles. The number of fused-ring (bicyclic) bond motifs is 2. The lowest BCUT2D eigenvalue weighted by Crippen LogP contribution is -2.40. The lowest BCUT2D eigenvalue weighted by atomic mass is 9.92. The Hall–Kier alpha value is -6.40. The molecule has 1 aromatic carbocycles. The van der Waals surface area contributed by atoms with Crippen molar-refractivity contribution in [3.8, 4) is 22.3 Å². The number of hydrogen-bond acceptors (Lipinski definition) is 12. The number of amides is 2. The minimum atomic E-state index is -1.000. The van der Waals surface area contributed by atoms with Crippen molar-refractivity contribution in [2.24, 2.45) is 0 Å². The first-order chi connectivity index (χ1) is 32.8. The number of halogens is 2. The lowest BCUT2D eigenvalue weighted by Gasteiger charge is -2.37. The first-order valence-corrected chi connectivity index (χ1v) is 23.9. The van der Waals surface area contributed by atoms with Gasteiger partial charge in [0.05, 0.1) is 35.7 Å². The van der Waals surface area contributed by atoms with E-state index in [1.807, 2.05) is 46.0 Å². The summed E-state index contributed by atoms with van der Waals surface area (Å²) in [5.41, 5.74) is 8.49. The molecule has 8 heterocycles. The van der Waals surface area contributed by atoms with Gasteiger partial charge < -0.3 is 38.6 Å². The van der Waals surface area contributed by atoms with Gasteiger partial charge in [-0.25, -0.2) is 28.7 Å². The Morgan fingerprint density at radius 1 is 0.647 bits per heavy atom. The second-order valence-corrected chi connectivity index (χ2v) is 18.9. The molecule has 6 aromatic heterocycles. The van der Waals surface area contributed by atoms with Crippen molar-refractivity contribution in [3.05, 3.63) is 88.9 Å². The van der Waals surface area contributed by atoms with Crippen LogP contribution in [0, 0.1) is 39.3 Å². The SMILES string of the molecule is Cc1noc(C)c1-c1cnc2c(c1)nc([C@@H]1CCCC(=O)N1)n2C1CCC(O)CC1.Cc1noc(C)c1-c1cnc2c(c1)nc([C@@H]1CCCC(=O)N1c1ccc(F)c(F)c1)n2C1CCC(O)CC1. The predicted octanol–water partition coefficient (Wildman–Crippen LogP) is 9.24. The number of nitrogens with one attached hydrogen (secondary N) is 1. The van der Waals surface area contributed by atoms with E-state index in [1.165, 1.54) is 6.07 Å². The minimum Gasteiger partial charge on any atom is -0.393 e. The van der Waals surface area contributed by atoms with E-state index in [9.17, 15) is 28.6 Å². The van der Waals surface area contributed by atoms with Crippen LogP contribution in [0.4, 0.5) is 14.5 Å². The molecule has 7 aromatic rings. The summed E-state index contributed by atoms with van der Waals surface area (Å²) >= 11 is 0. The van der Waals surface area contributed by atoms with Crippen molar-refractivity contribution in [2.45, 2.75) is 154 Å². The Morgan fingerprint density at radius 2 is 1.18 bits per heavy atom. The molecule has 4 aliphatic rings. The highest BCUT2D eigenvalue weighted by atomic mass is 19.2. The molecule has 356 valence electrons. The minimum absolute atomic E-state index is 0.0413. The number of aromatic nitrogens is 8. The van der Waals surface area contributed by atoms with Crippen molar-refractivity contribution in [1.82, 2.24) is 44.7 Å². The van der Waals surface area contributed by atoms with Gasteiger partial charge in [-0.3, -0.25) is 9.59 Å². The van der Waals surface area contributed by atoms with Gasteiger partial charge in [-0.15, -0.1) is 0 Å². The van der Waals surface area contributed by atoms with Crippen LogP contribution in [-0.2, 0) is 9.59 Å². The number of rotatable bonds is 7. The number of aliphatic hydroxyl groups is 2. The third kappa shape index (κ3) is 8.56. The van der Waals surface area contributed by atoms with Crippen LogP contribution in [0.15, 0.2) is 51.8 Å². The average Bonchev–Trinajstić information content (AvgIpc) is 4.09. The van der Waals surface area contributed by atoms with E-state index in [0.29, 0.717) is 67.0 Å². The highest BCUT2D eigenvalue weighted by Gasteiger charge is 2.37. The smallest absolute Gasteiger partial charge is 0.227 e. The molecule has 0 unspecified atom stereocenters. The zero-order chi connectivity index (χ0) is 47.4. The van der Waals surface area contributed by atoms with Crippen LogP contribution >= 0.6 is 0 Å². The molecule has 68 heavy (non-hydrogen) atoms. The molecule has 2 atom stereocenters. The maximum atomic E-state index is 14.2. The number of pyridine rings is 2. The van der Waals surface area contributed by atoms with E-state index < -0.39 is 17.7 Å². The maximum Gasteiger partial charge on any atom is 0.227 e. The third-order valence-corrected chi connectivity index (χ3v) is 14.3. The highest BCUT2D eigenvalue weighted by Crippen LogP contribution is 2.42. The molecule has 2 saturated carbocycles. The van der Waals surface area contributed by atoms with Gasteiger partial charge in [0.15, 0.2) is 22.9 Å². The number of imidazole rings is 2. The quantitative estimate of drug-likeness (QED) is 0.137. The van der Waals surface area contributed by atoms with E-state index >= 15 is 0 Å². The number of aryl methyl sites for hydroxylation is 4. The van der Waals surface area contributed by atoms with Gasteiger partial charge in [-0.05, 0) is 129 Å². The van der Waals surface area contributed by atoms with Gasteiger partial charge >= 0.3 is 0 Å². The van der Waals surface area contributed by atoms with Gasteiger partial charge in [0.1, 0.15) is 34.2 Å². The normalized spacial score (nSPS) is 23.5. The van der Waals surface area contributed by atoms with E-state index in [2.05, 4.69) is 24.8 Å². The zero-order valence-corrected chi connectivity index (χ0v) is 38.7. The summed E-state index contributed by atoms with van der Waals surface area (Å²) in [6, 6.07) is 7.25. The predicted molar refractivity (Wildman–Crippen MR) is 247 cm³/mol. The third-order valence-electron chi connectivity index (χ3n) is 14.3. The largest absolute Gasteiger partial charge is 0.393 e. The standard InChI is InChI=1S/C28H29F2N5O3.C22H27N5O3/c1-15-26(16(2)38-33-15)17-12-23-27(31-14-17)35(18-6-9-20(36)10-7-18)28(32-23)24-4-3-5-25(37)34(24)19-8-11-21(29)22(30)13-19;1-12-20(13(2)30-26-12)14-10-18-21(23-11-14)27(15-6-8-16(28)9-7-15)22(25-18)17-4-3-5-19(29)24-17/h8,11-14,18,20,24,36H,3-7,9-10H2,1-2H3;10-11,15-17,28H,3-9H2,1-2H3,(H,24,29)/t18?,20?,24-;15?,16?,17-/m00/s1. The summed E-state index contributed by atoms with van der Waals surface area (Å²) in [5.74, 6) is 0.952. The van der Waals surface area contributed by atoms with Gasteiger partial charge in [0, 0.05) is 71.3 Å². The molecule has 18 heteroatoms. The van der Waals surface area contributed by atoms with E-state index in [1.54, 1.807) is 11.1 Å². The monoisotopic (exact) mass is 930 g/mol. The molecule has 2 saturated heterocycles. The van der Waals surface area contributed by atoms with Crippen molar-refractivity contribution in [3.63, 3.8) is 0 Å². The number of aliphatic hydroxyl groups excluding tert-OH is 2. The summed E-state index contributed by atoms with van der Waals surface area (Å²) in [6.07, 6.45) is 13.1. The molecule has 11 rings (SSSR count). The molecular formula is C50H56F2N10O6. The van der Waals surface area contributed by atoms with Gasteiger partial charge in [0.2, 0.25) is 11.8 Å². The van der Waals surface area contributed by atoms with Crippen LogP contribution in [0.3, 0.4) is 0 Å². The van der Waals surface area contributed by atoms with Crippen LogP contribution in [0.2, 0.25) is 0 Å².